The van der Waals surface area contributed by atoms with Crippen molar-refractivity contribution < 1.29 is 49.8 Å². The SMILES string of the molecule is CC(C)(CCCCNS(C)(=O)=O)CN(C[C@@H](O)[C@H](Cc1ccccc1)NC(=O)Oc1coc2occc12)S(=O)(=O)c1ccc2c(c1)OCCO2. The van der Waals surface area contributed by atoms with Crippen molar-refractivity contribution in [3.8, 4) is 17.2 Å². The first-order chi connectivity index (χ1) is 23.7. The van der Waals surface area contributed by atoms with Crippen molar-refractivity contribution in [3.63, 3.8) is 0 Å². The third kappa shape index (κ3) is 10.0. The largest absolute Gasteiger partial charge is 0.486 e. The standard InChI is InChI=1S/C34H43N3O11S2/c1-34(2,14-7-8-15-35-49(3,40)41)23-37(50(42,43)25-11-12-29-30(20-25)45-18-17-44-29)21-28(38)27(19-24-9-5-4-6-10-24)36-33(39)48-31-22-47-32-26(31)13-16-46-32/h4-6,9-13,16,20,22,27-28,35,38H,7-8,14-15,17-19,21,23H2,1-3H3,(H,36,39)/t27-,28+/m0/s1. The fraction of sp³-hybridized carbons (Fsp3) is 0.441. The van der Waals surface area contributed by atoms with E-state index in [1.54, 1.807) is 12.1 Å². The van der Waals surface area contributed by atoms with Crippen LogP contribution in [0.15, 0.2) is 80.9 Å². The molecule has 0 fully saturated rings. The van der Waals surface area contributed by atoms with Crippen molar-refractivity contribution in [1.82, 2.24) is 14.3 Å². The van der Waals surface area contributed by atoms with Crippen molar-refractivity contribution in [2.24, 2.45) is 5.41 Å². The highest BCUT2D eigenvalue weighted by Crippen LogP contribution is 2.35. The van der Waals surface area contributed by atoms with E-state index >= 15 is 0 Å². The minimum Gasteiger partial charge on any atom is -0.486 e. The molecule has 0 unspecified atom stereocenters. The van der Waals surface area contributed by atoms with Gasteiger partial charge in [0.05, 0.1) is 29.6 Å². The minimum atomic E-state index is -4.23. The molecular formula is C34H43N3O11S2. The number of carbonyl (C=O) groups excluding carboxylic acids is 1. The van der Waals surface area contributed by atoms with Gasteiger partial charge in [0.15, 0.2) is 17.2 Å². The molecule has 4 aromatic rings. The van der Waals surface area contributed by atoms with Crippen LogP contribution in [0.2, 0.25) is 0 Å². The molecule has 1 aliphatic heterocycles. The number of aliphatic hydroxyl groups is 1. The first-order valence-corrected chi connectivity index (χ1v) is 19.5. The molecule has 2 aromatic carbocycles. The predicted octanol–water partition coefficient (Wildman–Crippen LogP) is 4.29. The first kappa shape index (κ1) is 37.2. The number of sulfonamides is 2. The van der Waals surface area contributed by atoms with Gasteiger partial charge in [0.25, 0.3) is 0 Å². The van der Waals surface area contributed by atoms with Crippen LogP contribution in [0.5, 0.6) is 17.2 Å². The molecule has 0 radical (unpaired) electrons. The summed E-state index contributed by atoms with van der Waals surface area (Å²) in [6, 6.07) is 14.2. The Morgan fingerprint density at radius 3 is 2.48 bits per heavy atom. The quantitative estimate of drug-likeness (QED) is 0.131. The third-order valence-electron chi connectivity index (χ3n) is 8.23. The summed E-state index contributed by atoms with van der Waals surface area (Å²) in [4.78, 5) is 13.1. The Morgan fingerprint density at radius 1 is 1.00 bits per heavy atom. The molecule has 1 aliphatic rings. The molecule has 0 saturated heterocycles. The molecule has 3 heterocycles. The van der Waals surface area contributed by atoms with Gasteiger partial charge >= 0.3 is 11.9 Å². The maximum atomic E-state index is 14.3. The van der Waals surface area contributed by atoms with Crippen molar-refractivity contribution in [3.05, 3.63) is 72.7 Å². The van der Waals surface area contributed by atoms with Crippen LogP contribution in [0.4, 0.5) is 4.79 Å². The Hall–Kier alpha value is -4.09. The summed E-state index contributed by atoms with van der Waals surface area (Å²) in [7, 11) is -7.55. The second-order valence-corrected chi connectivity index (χ2v) is 16.8. The summed E-state index contributed by atoms with van der Waals surface area (Å²) in [6.07, 6.45) is 3.37. The highest BCUT2D eigenvalue weighted by molar-refractivity contribution is 7.89. The van der Waals surface area contributed by atoms with Gasteiger partial charge in [-0.25, -0.2) is 26.4 Å². The molecule has 0 aliphatic carbocycles. The van der Waals surface area contributed by atoms with Gasteiger partial charge < -0.3 is 33.5 Å². The normalized spacial score (nSPS) is 14.8. The molecule has 16 heteroatoms. The molecule has 2 atom stereocenters. The number of amides is 1. The van der Waals surface area contributed by atoms with Gasteiger partial charge in [-0.15, -0.1) is 0 Å². The second-order valence-electron chi connectivity index (χ2n) is 13.0. The van der Waals surface area contributed by atoms with E-state index in [-0.39, 0.29) is 49.1 Å². The molecule has 50 heavy (non-hydrogen) atoms. The number of hydrogen-bond acceptors (Lipinski definition) is 11. The summed E-state index contributed by atoms with van der Waals surface area (Å²) < 4.78 is 82.5. The van der Waals surface area contributed by atoms with Gasteiger partial charge in [0, 0.05) is 25.7 Å². The number of ether oxygens (including phenoxy) is 3. The third-order valence-corrected chi connectivity index (χ3v) is 10.8. The van der Waals surface area contributed by atoms with Crippen molar-refractivity contribution in [2.75, 3.05) is 39.1 Å². The Kier molecular flexibility index (Phi) is 11.8. The number of rotatable bonds is 17. The fourth-order valence-corrected chi connectivity index (χ4v) is 7.89. The first-order valence-electron chi connectivity index (χ1n) is 16.2. The average molecular weight is 734 g/mol. The number of unbranched alkanes of at least 4 members (excludes halogenated alkanes) is 1. The van der Waals surface area contributed by atoms with Gasteiger partial charge in [-0.3, -0.25) is 0 Å². The van der Waals surface area contributed by atoms with Crippen LogP contribution in [0, 0.1) is 5.41 Å². The zero-order valence-electron chi connectivity index (χ0n) is 28.2. The molecule has 5 rings (SSSR count). The fourth-order valence-electron chi connectivity index (χ4n) is 5.71. The average Bonchev–Trinajstić information content (AvgIpc) is 3.69. The zero-order chi connectivity index (χ0) is 35.9. The van der Waals surface area contributed by atoms with Crippen LogP contribution in [0.1, 0.15) is 38.7 Å². The van der Waals surface area contributed by atoms with Gasteiger partial charge in [-0.2, -0.15) is 4.31 Å². The van der Waals surface area contributed by atoms with E-state index in [1.165, 1.54) is 29.0 Å². The van der Waals surface area contributed by atoms with E-state index in [1.807, 2.05) is 44.2 Å². The van der Waals surface area contributed by atoms with E-state index in [0.29, 0.717) is 42.8 Å². The Labute approximate surface area is 291 Å². The molecule has 2 aromatic heterocycles. The van der Waals surface area contributed by atoms with Crippen LogP contribution in [0.25, 0.3) is 11.2 Å². The molecule has 0 saturated carbocycles. The number of aliphatic hydroxyl groups excluding tert-OH is 1. The zero-order valence-corrected chi connectivity index (χ0v) is 29.8. The highest BCUT2D eigenvalue weighted by Gasteiger charge is 2.35. The number of hydrogen-bond donors (Lipinski definition) is 3. The monoisotopic (exact) mass is 733 g/mol. The molecule has 14 nitrogen and oxygen atoms in total. The number of nitrogens with zero attached hydrogens (tertiary/aromatic N) is 1. The number of benzene rings is 2. The van der Waals surface area contributed by atoms with E-state index in [4.69, 9.17) is 23.0 Å². The number of furan rings is 2. The van der Waals surface area contributed by atoms with Gasteiger partial charge in [-0.1, -0.05) is 50.6 Å². The maximum absolute atomic E-state index is 14.3. The number of carbonyl (C=O) groups is 1. The van der Waals surface area contributed by atoms with Crippen LogP contribution >= 0.6 is 0 Å². The molecule has 0 spiro atoms. The Balaban J connectivity index is 1.38. The highest BCUT2D eigenvalue weighted by atomic mass is 32.2. The minimum absolute atomic E-state index is 0.0103. The van der Waals surface area contributed by atoms with Gasteiger partial charge in [-0.05, 0) is 48.4 Å². The second kappa shape index (κ2) is 15.9. The van der Waals surface area contributed by atoms with Crippen molar-refractivity contribution in [2.45, 2.75) is 56.6 Å². The molecule has 3 N–H and O–H groups in total. The molecular weight excluding hydrogens is 691 g/mol. The summed E-state index contributed by atoms with van der Waals surface area (Å²) in [6.45, 7) is 4.34. The van der Waals surface area contributed by atoms with Gasteiger partial charge in [0.2, 0.25) is 20.0 Å². The van der Waals surface area contributed by atoms with Gasteiger partial charge in [0.1, 0.15) is 24.9 Å². The lowest BCUT2D eigenvalue weighted by Crippen LogP contribution is -2.52. The molecule has 0 bridgehead atoms. The predicted molar refractivity (Wildman–Crippen MR) is 184 cm³/mol. The lowest BCUT2D eigenvalue weighted by molar-refractivity contribution is 0.0912. The number of fused-ring (bicyclic) bond motifs is 2. The van der Waals surface area contributed by atoms with Crippen LogP contribution in [-0.2, 0) is 26.5 Å². The topological polar surface area (TPSA) is 187 Å². The summed E-state index contributed by atoms with van der Waals surface area (Å²) in [5.41, 5.74) is 0.200. The van der Waals surface area contributed by atoms with E-state index < -0.39 is 43.7 Å². The lowest BCUT2D eigenvalue weighted by atomic mass is 9.87. The molecule has 272 valence electrons. The maximum Gasteiger partial charge on any atom is 0.413 e. The summed E-state index contributed by atoms with van der Waals surface area (Å²) >= 11 is 0. The van der Waals surface area contributed by atoms with E-state index in [2.05, 4.69) is 10.0 Å². The van der Waals surface area contributed by atoms with Crippen LogP contribution < -0.4 is 24.2 Å². The van der Waals surface area contributed by atoms with E-state index in [9.17, 15) is 26.7 Å². The Morgan fingerprint density at radius 2 is 1.74 bits per heavy atom. The van der Waals surface area contributed by atoms with Crippen molar-refractivity contribution in [1.29, 1.82) is 0 Å². The summed E-state index contributed by atoms with van der Waals surface area (Å²) in [5, 5.41) is 14.9. The van der Waals surface area contributed by atoms with Crippen LogP contribution in [-0.4, -0.2) is 83.6 Å². The Bertz CT molecular complexity index is 1960. The molecule has 1 amide bonds. The summed E-state index contributed by atoms with van der Waals surface area (Å²) in [5.74, 6) is 1.03. The lowest BCUT2D eigenvalue weighted by Gasteiger charge is -2.35. The smallest absolute Gasteiger partial charge is 0.413 e. The number of nitrogens with one attached hydrogen (secondary N) is 2. The van der Waals surface area contributed by atoms with E-state index in [0.717, 1.165) is 11.8 Å². The van der Waals surface area contributed by atoms with Crippen LogP contribution in [0.3, 0.4) is 0 Å². The van der Waals surface area contributed by atoms with Crippen molar-refractivity contribution >= 4 is 37.3 Å².